The summed E-state index contributed by atoms with van der Waals surface area (Å²) in [6, 6.07) is 7.81. The van der Waals surface area contributed by atoms with E-state index in [0.717, 1.165) is 29.8 Å². The zero-order valence-corrected chi connectivity index (χ0v) is 11.8. The Bertz CT molecular complexity index is 525. The molecule has 0 atom stereocenters. The van der Waals surface area contributed by atoms with E-state index < -0.39 is 0 Å². The first kappa shape index (κ1) is 14.6. The Morgan fingerprint density at radius 3 is 2.85 bits per heavy atom. The molecule has 0 amide bonds. The van der Waals surface area contributed by atoms with Gasteiger partial charge in [0.2, 0.25) is 0 Å². The minimum atomic E-state index is 0.638. The van der Waals surface area contributed by atoms with Gasteiger partial charge in [0.25, 0.3) is 0 Å². The molecule has 0 aliphatic heterocycles. The lowest BCUT2D eigenvalue weighted by atomic mass is 10.1. The molecular formula is C15H21N3O2. The largest absolute Gasteiger partial charge is 0.398 e. The second-order valence-corrected chi connectivity index (χ2v) is 4.54. The van der Waals surface area contributed by atoms with Crippen LogP contribution in [0.25, 0.3) is 11.1 Å². The minimum Gasteiger partial charge on any atom is -0.398 e. The molecule has 0 aliphatic rings. The van der Waals surface area contributed by atoms with Gasteiger partial charge in [-0.15, -0.1) is 0 Å². The SMILES string of the molecule is COCCOCCCn1cc(-c2ccccc2N)cn1. The zero-order valence-electron chi connectivity index (χ0n) is 11.8. The summed E-state index contributed by atoms with van der Waals surface area (Å²) in [5.74, 6) is 0. The van der Waals surface area contributed by atoms with Gasteiger partial charge in [-0.2, -0.15) is 5.10 Å². The van der Waals surface area contributed by atoms with Crippen LogP contribution in [0.2, 0.25) is 0 Å². The summed E-state index contributed by atoms with van der Waals surface area (Å²) in [7, 11) is 1.67. The molecule has 2 rings (SSSR count). The quantitative estimate of drug-likeness (QED) is 0.592. The van der Waals surface area contributed by atoms with Crippen LogP contribution in [0.4, 0.5) is 5.69 Å². The van der Waals surface area contributed by atoms with Crippen molar-refractivity contribution in [3.8, 4) is 11.1 Å². The number of ether oxygens (including phenoxy) is 2. The maximum absolute atomic E-state index is 5.96. The summed E-state index contributed by atoms with van der Waals surface area (Å²) in [5, 5.41) is 4.35. The minimum absolute atomic E-state index is 0.638. The molecule has 2 N–H and O–H groups in total. The second-order valence-electron chi connectivity index (χ2n) is 4.54. The fraction of sp³-hybridized carbons (Fsp3) is 0.400. The number of hydrogen-bond acceptors (Lipinski definition) is 4. The highest BCUT2D eigenvalue weighted by Gasteiger charge is 2.04. The second kappa shape index (κ2) is 7.67. The Hall–Kier alpha value is -1.85. The van der Waals surface area contributed by atoms with Gasteiger partial charge >= 0.3 is 0 Å². The van der Waals surface area contributed by atoms with Crippen LogP contribution in [-0.2, 0) is 16.0 Å². The maximum Gasteiger partial charge on any atom is 0.0700 e. The van der Waals surface area contributed by atoms with Crippen molar-refractivity contribution in [1.29, 1.82) is 0 Å². The highest BCUT2D eigenvalue weighted by molar-refractivity contribution is 5.75. The van der Waals surface area contributed by atoms with Crippen LogP contribution in [0, 0.1) is 0 Å². The van der Waals surface area contributed by atoms with Gasteiger partial charge in [0, 0.05) is 43.3 Å². The summed E-state index contributed by atoms with van der Waals surface area (Å²) in [6.07, 6.45) is 4.79. The number of para-hydroxylation sites is 1. The highest BCUT2D eigenvalue weighted by atomic mass is 16.5. The molecule has 0 saturated heterocycles. The van der Waals surface area contributed by atoms with Gasteiger partial charge in [-0.3, -0.25) is 4.68 Å². The topological polar surface area (TPSA) is 62.3 Å². The Balaban J connectivity index is 1.82. The van der Waals surface area contributed by atoms with E-state index in [1.54, 1.807) is 7.11 Å². The molecule has 0 saturated carbocycles. The third kappa shape index (κ3) is 4.08. The van der Waals surface area contributed by atoms with Crippen molar-refractivity contribution in [2.75, 3.05) is 32.7 Å². The van der Waals surface area contributed by atoms with E-state index in [-0.39, 0.29) is 0 Å². The van der Waals surface area contributed by atoms with Crippen molar-refractivity contribution in [2.24, 2.45) is 0 Å². The van der Waals surface area contributed by atoms with Crippen LogP contribution >= 0.6 is 0 Å². The van der Waals surface area contributed by atoms with Gasteiger partial charge in [0.05, 0.1) is 19.4 Å². The molecule has 0 aliphatic carbocycles. The lowest BCUT2D eigenvalue weighted by molar-refractivity contribution is 0.0677. The molecular weight excluding hydrogens is 254 g/mol. The van der Waals surface area contributed by atoms with E-state index in [2.05, 4.69) is 5.10 Å². The number of aryl methyl sites for hydroxylation is 1. The number of aromatic nitrogens is 2. The standard InChI is InChI=1S/C15H21N3O2/c1-19-9-10-20-8-4-7-18-12-13(11-17-18)14-5-2-3-6-15(14)16/h2-3,5-6,11-12H,4,7-10,16H2,1H3. The summed E-state index contributed by atoms with van der Waals surface area (Å²) in [6.45, 7) is 2.83. The molecule has 0 spiro atoms. The number of nitrogens with zero attached hydrogens (tertiary/aromatic N) is 2. The van der Waals surface area contributed by atoms with E-state index in [1.165, 1.54) is 0 Å². The molecule has 1 heterocycles. The monoisotopic (exact) mass is 275 g/mol. The number of rotatable bonds is 8. The molecule has 5 heteroatoms. The van der Waals surface area contributed by atoms with Crippen LogP contribution in [0.1, 0.15) is 6.42 Å². The molecule has 0 unspecified atom stereocenters. The molecule has 1 aromatic heterocycles. The van der Waals surface area contributed by atoms with Gasteiger partial charge in [-0.25, -0.2) is 0 Å². The Morgan fingerprint density at radius 2 is 2.05 bits per heavy atom. The molecule has 0 fully saturated rings. The van der Waals surface area contributed by atoms with Crippen LogP contribution in [0.5, 0.6) is 0 Å². The predicted molar refractivity (Wildman–Crippen MR) is 79.4 cm³/mol. The molecule has 0 bridgehead atoms. The van der Waals surface area contributed by atoms with Crippen molar-refractivity contribution < 1.29 is 9.47 Å². The molecule has 0 radical (unpaired) electrons. The molecule has 20 heavy (non-hydrogen) atoms. The summed E-state index contributed by atoms with van der Waals surface area (Å²) in [4.78, 5) is 0. The summed E-state index contributed by atoms with van der Waals surface area (Å²) < 4.78 is 12.3. The summed E-state index contributed by atoms with van der Waals surface area (Å²) in [5.41, 5.74) is 8.80. The number of hydrogen-bond donors (Lipinski definition) is 1. The summed E-state index contributed by atoms with van der Waals surface area (Å²) >= 11 is 0. The smallest absolute Gasteiger partial charge is 0.0700 e. The van der Waals surface area contributed by atoms with Gasteiger partial charge < -0.3 is 15.2 Å². The number of anilines is 1. The fourth-order valence-corrected chi connectivity index (χ4v) is 1.96. The zero-order chi connectivity index (χ0) is 14.2. The first-order chi connectivity index (χ1) is 9.81. The third-order valence-electron chi connectivity index (χ3n) is 3.01. The lowest BCUT2D eigenvalue weighted by Gasteiger charge is -2.04. The van der Waals surface area contributed by atoms with E-state index in [9.17, 15) is 0 Å². The number of nitrogen functional groups attached to an aromatic ring is 1. The van der Waals surface area contributed by atoms with Crippen molar-refractivity contribution in [3.63, 3.8) is 0 Å². The first-order valence-electron chi connectivity index (χ1n) is 6.75. The van der Waals surface area contributed by atoms with Crippen molar-refractivity contribution >= 4 is 5.69 Å². The van der Waals surface area contributed by atoms with Crippen molar-refractivity contribution in [3.05, 3.63) is 36.7 Å². The Kier molecular flexibility index (Phi) is 5.58. The Labute approximate surface area is 119 Å². The number of benzene rings is 1. The van der Waals surface area contributed by atoms with Crippen LogP contribution in [0.15, 0.2) is 36.7 Å². The van der Waals surface area contributed by atoms with Crippen LogP contribution in [0.3, 0.4) is 0 Å². The number of nitrogens with two attached hydrogens (primary N) is 1. The molecule has 5 nitrogen and oxygen atoms in total. The van der Waals surface area contributed by atoms with Crippen molar-refractivity contribution in [1.82, 2.24) is 9.78 Å². The third-order valence-corrected chi connectivity index (χ3v) is 3.01. The molecule has 2 aromatic rings. The van der Waals surface area contributed by atoms with Gasteiger partial charge in [-0.1, -0.05) is 18.2 Å². The van der Waals surface area contributed by atoms with Crippen molar-refractivity contribution in [2.45, 2.75) is 13.0 Å². The average Bonchev–Trinajstić information content (AvgIpc) is 2.92. The van der Waals surface area contributed by atoms with E-state index >= 15 is 0 Å². The normalized spacial score (nSPS) is 10.8. The average molecular weight is 275 g/mol. The maximum atomic E-state index is 5.96. The first-order valence-corrected chi connectivity index (χ1v) is 6.75. The van der Waals surface area contributed by atoms with Gasteiger partial charge in [-0.05, 0) is 12.5 Å². The Morgan fingerprint density at radius 1 is 1.20 bits per heavy atom. The highest BCUT2D eigenvalue weighted by Crippen LogP contribution is 2.24. The molecule has 1 aromatic carbocycles. The van der Waals surface area contributed by atoms with Crippen LogP contribution < -0.4 is 5.73 Å². The van der Waals surface area contributed by atoms with E-state index in [1.807, 2.05) is 41.3 Å². The van der Waals surface area contributed by atoms with Gasteiger partial charge in [0.1, 0.15) is 0 Å². The van der Waals surface area contributed by atoms with E-state index in [4.69, 9.17) is 15.2 Å². The molecule has 108 valence electrons. The van der Waals surface area contributed by atoms with E-state index in [0.29, 0.717) is 19.8 Å². The fourth-order valence-electron chi connectivity index (χ4n) is 1.96. The predicted octanol–water partition coefficient (Wildman–Crippen LogP) is 2.19. The number of methoxy groups -OCH3 is 1. The lowest BCUT2D eigenvalue weighted by Crippen LogP contribution is -2.06. The van der Waals surface area contributed by atoms with Crippen LogP contribution in [-0.4, -0.2) is 36.7 Å². The van der Waals surface area contributed by atoms with Gasteiger partial charge in [0.15, 0.2) is 0 Å².